The number of carbonyl (C=O) groups excluding carboxylic acids is 1. The lowest BCUT2D eigenvalue weighted by Crippen LogP contribution is -2.31. The van der Waals surface area contributed by atoms with Crippen molar-refractivity contribution in [1.29, 1.82) is 0 Å². The summed E-state index contributed by atoms with van der Waals surface area (Å²) in [6.45, 7) is 3.83. The zero-order valence-corrected chi connectivity index (χ0v) is 14.3. The number of amides is 2. The van der Waals surface area contributed by atoms with Gasteiger partial charge in [-0.15, -0.1) is 0 Å². The van der Waals surface area contributed by atoms with Crippen LogP contribution >= 0.6 is 0 Å². The average molecular weight is 332 g/mol. The summed E-state index contributed by atoms with van der Waals surface area (Å²) in [7, 11) is 3.49. The first-order valence-electron chi connectivity index (χ1n) is 7.94. The van der Waals surface area contributed by atoms with Gasteiger partial charge in [-0.25, -0.2) is 9.78 Å². The molecule has 2 rings (SSSR count). The molecule has 0 bridgehead atoms. The highest BCUT2D eigenvalue weighted by atomic mass is 16.5. The van der Waals surface area contributed by atoms with Gasteiger partial charge in [-0.1, -0.05) is 0 Å². The molecule has 0 radical (unpaired) electrons. The number of hydrogen-bond acceptors (Lipinski definition) is 4. The maximum absolute atomic E-state index is 11.9. The van der Waals surface area contributed by atoms with E-state index in [2.05, 4.69) is 15.6 Å². The molecule has 1 aromatic carbocycles. The Morgan fingerprint density at radius 3 is 2.71 bits per heavy atom. The molecule has 0 unspecified atom stereocenters. The van der Waals surface area contributed by atoms with E-state index in [0.717, 1.165) is 23.4 Å². The summed E-state index contributed by atoms with van der Waals surface area (Å²) in [5.74, 6) is 1.29. The molecule has 0 aliphatic heterocycles. The van der Waals surface area contributed by atoms with Crippen LogP contribution in [0.1, 0.15) is 13.3 Å². The number of aromatic nitrogens is 2. The van der Waals surface area contributed by atoms with Crippen LogP contribution in [-0.4, -0.2) is 42.5 Å². The Morgan fingerprint density at radius 1 is 1.29 bits per heavy atom. The van der Waals surface area contributed by atoms with Crippen molar-refractivity contribution in [2.75, 3.05) is 32.2 Å². The molecule has 0 saturated heterocycles. The van der Waals surface area contributed by atoms with Gasteiger partial charge in [-0.2, -0.15) is 0 Å². The van der Waals surface area contributed by atoms with Crippen molar-refractivity contribution in [3.8, 4) is 17.0 Å². The third-order valence-corrected chi connectivity index (χ3v) is 3.55. The minimum atomic E-state index is -0.276. The Labute approximate surface area is 142 Å². The zero-order valence-electron chi connectivity index (χ0n) is 14.3. The van der Waals surface area contributed by atoms with E-state index in [0.29, 0.717) is 25.7 Å². The van der Waals surface area contributed by atoms with Gasteiger partial charge in [-0.3, -0.25) is 5.32 Å². The van der Waals surface area contributed by atoms with E-state index in [-0.39, 0.29) is 6.03 Å². The summed E-state index contributed by atoms with van der Waals surface area (Å²) in [6.07, 6.45) is 2.51. The summed E-state index contributed by atoms with van der Waals surface area (Å²) in [6, 6.07) is 7.41. The van der Waals surface area contributed by atoms with Crippen LogP contribution in [0.4, 0.5) is 10.7 Å². The van der Waals surface area contributed by atoms with E-state index in [9.17, 15) is 4.79 Å². The molecule has 2 aromatic rings. The van der Waals surface area contributed by atoms with E-state index < -0.39 is 0 Å². The molecule has 0 fully saturated rings. The summed E-state index contributed by atoms with van der Waals surface area (Å²) in [5, 5.41) is 5.53. The molecule has 0 saturated carbocycles. The minimum absolute atomic E-state index is 0.276. The van der Waals surface area contributed by atoms with Crippen molar-refractivity contribution in [2.45, 2.75) is 13.3 Å². The lowest BCUT2D eigenvalue weighted by molar-refractivity contribution is 0.145. The van der Waals surface area contributed by atoms with Crippen LogP contribution in [0.3, 0.4) is 0 Å². The number of imidazole rings is 1. The van der Waals surface area contributed by atoms with Gasteiger partial charge in [0.15, 0.2) is 0 Å². The highest BCUT2D eigenvalue weighted by Gasteiger charge is 2.11. The van der Waals surface area contributed by atoms with Gasteiger partial charge in [-0.05, 0) is 37.6 Å². The van der Waals surface area contributed by atoms with Crippen molar-refractivity contribution in [1.82, 2.24) is 14.9 Å². The van der Waals surface area contributed by atoms with Crippen LogP contribution in [0, 0.1) is 0 Å². The SMILES string of the molecule is CCOCCCNC(=O)Nc1ncc(-c2ccc(OC)cc2)n1C. The largest absolute Gasteiger partial charge is 0.497 e. The topological polar surface area (TPSA) is 77.4 Å². The van der Waals surface area contributed by atoms with Gasteiger partial charge < -0.3 is 19.4 Å². The van der Waals surface area contributed by atoms with Crippen molar-refractivity contribution in [2.24, 2.45) is 7.05 Å². The Kier molecular flexibility index (Phi) is 6.62. The van der Waals surface area contributed by atoms with E-state index >= 15 is 0 Å². The molecule has 0 aliphatic carbocycles. The van der Waals surface area contributed by atoms with Crippen LogP contribution in [0.25, 0.3) is 11.3 Å². The fourth-order valence-electron chi connectivity index (χ4n) is 2.22. The summed E-state index contributed by atoms with van der Waals surface area (Å²) < 4.78 is 12.2. The van der Waals surface area contributed by atoms with E-state index in [1.807, 2.05) is 42.8 Å². The lowest BCUT2D eigenvalue weighted by Gasteiger charge is -2.09. The third kappa shape index (κ3) is 4.73. The molecule has 0 aliphatic rings. The Hall–Kier alpha value is -2.54. The molecular formula is C17H24N4O3. The zero-order chi connectivity index (χ0) is 17.4. The van der Waals surface area contributed by atoms with Crippen molar-refractivity contribution in [3.63, 3.8) is 0 Å². The van der Waals surface area contributed by atoms with Crippen LogP contribution in [0.5, 0.6) is 5.75 Å². The Balaban J connectivity index is 1.92. The van der Waals surface area contributed by atoms with Crippen LogP contribution < -0.4 is 15.4 Å². The third-order valence-electron chi connectivity index (χ3n) is 3.55. The maximum Gasteiger partial charge on any atom is 0.321 e. The number of carbonyl (C=O) groups is 1. The predicted molar refractivity (Wildman–Crippen MR) is 93.3 cm³/mol. The first-order chi connectivity index (χ1) is 11.7. The molecule has 7 heteroatoms. The number of nitrogens with zero attached hydrogens (tertiary/aromatic N) is 2. The molecule has 0 spiro atoms. The molecule has 1 aromatic heterocycles. The quantitative estimate of drug-likeness (QED) is 0.729. The van der Waals surface area contributed by atoms with Crippen LogP contribution in [-0.2, 0) is 11.8 Å². The lowest BCUT2D eigenvalue weighted by atomic mass is 10.1. The maximum atomic E-state index is 11.9. The minimum Gasteiger partial charge on any atom is -0.497 e. The standard InChI is InChI=1S/C17H24N4O3/c1-4-24-11-5-10-18-17(22)20-16-19-12-15(21(16)2)13-6-8-14(23-3)9-7-13/h6-9,12H,4-5,10-11H2,1-3H3,(H2,18,19,20,22). The molecule has 130 valence electrons. The number of rotatable bonds is 8. The number of anilines is 1. The predicted octanol–water partition coefficient (Wildman–Crippen LogP) is 2.64. The van der Waals surface area contributed by atoms with E-state index in [1.165, 1.54) is 0 Å². The fourth-order valence-corrected chi connectivity index (χ4v) is 2.22. The smallest absolute Gasteiger partial charge is 0.321 e. The van der Waals surface area contributed by atoms with Crippen molar-refractivity contribution < 1.29 is 14.3 Å². The van der Waals surface area contributed by atoms with Gasteiger partial charge >= 0.3 is 6.03 Å². The van der Waals surface area contributed by atoms with Crippen molar-refractivity contribution >= 4 is 12.0 Å². The molecular weight excluding hydrogens is 308 g/mol. The second kappa shape index (κ2) is 8.93. The summed E-state index contributed by atoms with van der Waals surface area (Å²) in [4.78, 5) is 16.2. The van der Waals surface area contributed by atoms with Gasteiger partial charge in [0.2, 0.25) is 5.95 Å². The number of nitrogens with one attached hydrogen (secondary N) is 2. The van der Waals surface area contributed by atoms with Gasteiger partial charge in [0.05, 0.1) is 19.0 Å². The number of urea groups is 1. The number of ether oxygens (including phenoxy) is 2. The second-order valence-corrected chi connectivity index (χ2v) is 5.19. The first kappa shape index (κ1) is 17.8. The highest BCUT2D eigenvalue weighted by Crippen LogP contribution is 2.24. The molecule has 1 heterocycles. The van der Waals surface area contributed by atoms with Gasteiger partial charge in [0.25, 0.3) is 0 Å². The molecule has 7 nitrogen and oxygen atoms in total. The Morgan fingerprint density at radius 2 is 2.04 bits per heavy atom. The summed E-state index contributed by atoms with van der Waals surface area (Å²) in [5.41, 5.74) is 1.90. The van der Waals surface area contributed by atoms with Crippen LogP contribution in [0.15, 0.2) is 30.5 Å². The normalized spacial score (nSPS) is 10.5. The number of benzene rings is 1. The second-order valence-electron chi connectivity index (χ2n) is 5.19. The Bertz CT molecular complexity index is 652. The van der Waals surface area contributed by atoms with Crippen LogP contribution in [0.2, 0.25) is 0 Å². The van der Waals surface area contributed by atoms with Crippen molar-refractivity contribution in [3.05, 3.63) is 30.5 Å². The first-order valence-corrected chi connectivity index (χ1v) is 7.94. The monoisotopic (exact) mass is 332 g/mol. The van der Waals surface area contributed by atoms with Gasteiger partial charge in [0.1, 0.15) is 5.75 Å². The number of hydrogen-bond donors (Lipinski definition) is 2. The van der Waals surface area contributed by atoms with Gasteiger partial charge in [0, 0.05) is 32.4 Å². The fraction of sp³-hybridized carbons (Fsp3) is 0.412. The van der Waals surface area contributed by atoms with E-state index in [4.69, 9.17) is 9.47 Å². The highest BCUT2D eigenvalue weighted by molar-refractivity contribution is 5.87. The summed E-state index contributed by atoms with van der Waals surface area (Å²) >= 11 is 0. The molecule has 24 heavy (non-hydrogen) atoms. The molecule has 2 amide bonds. The molecule has 2 N–H and O–H groups in total. The van der Waals surface area contributed by atoms with E-state index in [1.54, 1.807) is 13.3 Å². The molecule has 0 atom stereocenters. The number of methoxy groups -OCH3 is 1. The average Bonchev–Trinajstić information content (AvgIpc) is 2.95.